The van der Waals surface area contributed by atoms with Crippen molar-refractivity contribution in [3.63, 3.8) is 0 Å². The van der Waals surface area contributed by atoms with Gasteiger partial charge in [0, 0.05) is 0 Å². The van der Waals surface area contributed by atoms with Crippen molar-refractivity contribution in [3.05, 3.63) is 11.8 Å². The van der Waals surface area contributed by atoms with E-state index in [0.29, 0.717) is 0 Å². The third-order valence-corrected chi connectivity index (χ3v) is 2.52. The summed E-state index contributed by atoms with van der Waals surface area (Å²) in [5.41, 5.74) is 6.17. The lowest BCUT2D eigenvalue weighted by atomic mass is 10.2. The zero-order chi connectivity index (χ0) is 11.8. The van der Waals surface area contributed by atoms with Crippen molar-refractivity contribution in [1.29, 1.82) is 0 Å². The summed E-state index contributed by atoms with van der Waals surface area (Å²) in [6.07, 6.45) is 2.36. The van der Waals surface area contributed by atoms with Gasteiger partial charge in [-0.25, -0.2) is 0 Å². The molecule has 0 aromatic rings. The first-order valence-corrected chi connectivity index (χ1v) is 6.14. The Bertz CT molecular complexity index is 253. The van der Waals surface area contributed by atoms with Crippen LogP contribution in [0.3, 0.4) is 0 Å². The van der Waals surface area contributed by atoms with Gasteiger partial charge in [0.05, 0.1) is 5.75 Å². The Morgan fingerprint density at radius 3 is 1.93 bits per heavy atom. The smallest absolute Gasteiger partial charge is 0.265 e. The van der Waals surface area contributed by atoms with Crippen molar-refractivity contribution in [2.45, 2.75) is 34.1 Å². The molecule has 5 heteroatoms. The molecular formula is C9H21NO3S. The lowest BCUT2D eigenvalue weighted by molar-refractivity contribution is 0.467. The molecule has 1 atom stereocenters. The number of rotatable bonds is 3. The topological polar surface area (TPSA) is 80.4 Å². The fourth-order valence-corrected chi connectivity index (χ4v) is 1.43. The highest BCUT2D eigenvalue weighted by atomic mass is 32.2. The average Bonchev–Trinajstić information content (AvgIpc) is 2.02. The van der Waals surface area contributed by atoms with Crippen LogP contribution in [-0.2, 0) is 10.1 Å². The monoisotopic (exact) mass is 223 g/mol. The molecule has 4 nitrogen and oxygen atoms in total. The van der Waals surface area contributed by atoms with Gasteiger partial charge >= 0.3 is 0 Å². The Kier molecular flexibility index (Phi) is 8.88. The molecule has 0 aromatic heterocycles. The van der Waals surface area contributed by atoms with Crippen LogP contribution in [0.15, 0.2) is 11.8 Å². The van der Waals surface area contributed by atoms with Crippen molar-refractivity contribution in [1.82, 2.24) is 0 Å². The molecule has 0 radical (unpaired) electrons. The molecule has 1 unspecified atom stereocenters. The van der Waals surface area contributed by atoms with Gasteiger partial charge in [-0.1, -0.05) is 25.8 Å². The van der Waals surface area contributed by atoms with Gasteiger partial charge in [-0.3, -0.25) is 4.55 Å². The Labute approximate surface area is 86.9 Å². The molecule has 0 amide bonds. The summed E-state index contributed by atoms with van der Waals surface area (Å²) in [5, 5.41) is 0. The molecule has 0 rings (SSSR count). The molecular weight excluding hydrogens is 202 g/mol. The molecule has 0 heterocycles. The summed E-state index contributed by atoms with van der Waals surface area (Å²) in [6, 6.07) is 0. The van der Waals surface area contributed by atoms with Gasteiger partial charge < -0.3 is 5.73 Å². The second kappa shape index (κ2) is 7.82. The first-order chi connectivity index (χ1) is 6.22. The van der Waals surface area contributed by atoms with Crippen molar-refractivity contribution < 1.29 is 13.0 Å². The van der Waals surface area contributed by atoms with E-state index in [9.17, 15) is 8.42 Å². The summed E-state index contributed by atoms with van der Waals surface area (Å²) >= 11 is 0. The van der Waals surface area contributed by atoms with Crippen LogP contribution in [0.2, 0.25) is 0 Å². The van der Waals surface area contributed by atoms with E-state index in [2.05, 4.69) is 0 Å². The van der Waals surface area contributed by atoms with Crippen molar-refractivity contribution in [2.75, 3.05) is 5.75 Å². The van der Waals surface area contributed by atoms with Gasteiger partial charge in [-0.2, -0.15) is 8.42 Å². The molecule has 86 valence electrons. The molecule has 0 fully saturated rings. The van der Waals surface area contributed by atoms with Crippen LogP contribution < -0.4 is 5.73 Å². The minimum absolute atomic E-state index is 0.0556. The van der Waals surface area contributed by atoms with Gasteiger partial charge in [0.25, 0.3) is 10.1 Å². The average molecular weight is 223 g/mol. The van der Waals surface area contributed by atoms with E-state index in [1.807, 2.05) is 20.8 Å². The number of hydrogen-bond donors (Lipinski definition) is 2. The second-order valence-corrected chi connectivity index (χ2v) is 5.00. The minimum atomic E-state index is -3.74. The van der Waals surface area contributed by atoms with Crippen LogP contribution in [0.4, 0.5) is 0 Å². The highest BCUT2D eigenvalue weighted by Crippen LogP contribution is 2.02. The predicted octanol–water partition coefficient (Wildman–Crippen LogP) is 1.79. The van der Waals surface area contributed by atoms with Crippen LogP contribution in [0, 0.1) is 5.92 Å². The van der Waals surface area contributed by atoms with Crippen LogP contribution >= 0.6 is 0 Å². The van der Waals surface area contributed by atoms with Crippen molar-refractivity contribution in [3.8, 4) is 0 Å². The molecule has 0 saturated carbocycles. The Morgan fingerprint density at radius 2 is 1.86 bits per heavy atom. The molecule has 0 aliphatic rings. The first kappa shape index (κ1) is 15.9. The zero-order valence-electron chi connectivity index (χ0n) is 9.32. The standard InChI is InChI=1S/C5H12O3S.C4H9N/c1-3-5(2)4-9(6,7)8;1-4(2)3-5/h5H,3-4H2,1-2H3,(H,6,7,8);3H,5H2,1-2H3. The van der Waals surface area contributed by atoms with Crippen molar-refractivity contribution >= 4 is 10.1 Å². The largest absolute Gasteiger partial charge is 0.405 e. The zero-order valence-corrected chi connectivity index (χ0v) is 10.1. The minimum Gasteiger partial charge on any atom is -0.405 e. The normalized spacial score (nSPS) is 12.4. The maximum Gasteiger partial charge on any atom is 0.265 e. The van der Waals surface area contributed by atoms with Crippen LogP contribution in [-0.4, -0.2) is 18.7 Å². The maximum absolute atomic E-state index is 10.2. The summed E-state index contributed by atoms with van der Waals surface area (Å²) < 4.78 is 28.6. The Morgan fingerprint density at radius 1 is 1.50 bits per heavy atom. The van der Waals surface area contributed by atoms with Gasteiger partial charge in [0.15, 0.2) is 0 Å². The van der Waals surface area contributed by atoms with E-state index in [-0.39, 0.29) is 11.7 Å². The highest BCUT2D eigenvalue weighted by molar-refractivity contribution is 7.85. The highest BCUT2D eigenvalue weighted by Gasteiger charge is 2.09. The lowest BCUT2D eigenvalue weighted by Crippen LogP contribution is -2.11. The molecule has 14 heavy (non-hydrogen) atoms. The molecule has 0 aliphatic carbocycles. The predicted molar refractivity (Wildman–Crippen MR) is 59.5 cm³/mol. The van der Waals surface area contributed by atoms with E-state index in [4.69, 9.17) is 10.3 Å². The Hall–Kier alpha value is -0.550. The number of allylic oxidation sites excluding steroid dienone is 1. The van der Waals surface area contributed by atoms with Gasteiger partial charge in [-0.15, -0.1) is 0 Å². The van der Waals surface area contributed by atoms with Crippen LogP contribution in [0.5, 0.6) is 0 Å². The molecule has 0 spiro atoms. The van der Waals surface area contributed by atoms with E-state index < -0.39 is 10.1 Å². The molecule has 0 bridgehead atoms. The van der Waals surface area contributed by atoms with Gasteiger partial charge in [0.2, 0.25) is 0 Å². The maximum atomic E-state index is 10.2. The number of nitrogens with two attached hydrogens (primary N) is 1. The fourth-order valence-electron chi connectivity index (χ4n) is 0.477. The van der Waals surface area contributed by atoms with E-state index in [1.54, 1.807) is 13.1 Å². The summed E-state index contributed by atoms with van der Waals surface area (Å²) in [7, 11) is -3.74. The molecule has 3 N–H and O–H groups in total. The van der Waals surface area contributed by atoms with Gasteiger partial charge in [0.1, 0.15) is 0 Å². The summed E-state index contributed by atoms with van der Waals surface area (Å²) in [4.78, 5) is 0. The van der Waals surface area contributed by atoms with Gasteiger partial charge in [-0.05, 0) is 26.0 Å². The molecule has 0 saturated heterocycles. The Balaban J connectivity index is 0. The number of hydrogen-bond acceptors (Lipinski definition) is 3. The third-order valence-electron chi connectivity index (χ3n) is 1.53. The van der Waals surface area contributed by atoms with E-state index in [0.717, 1.165) is 12.0 Å². The quantitative estimate of drug-likeness (QED) is 0.715. The lowest BCUT2D eigenvalue weighted by Gasteiger charge is -2.02. The van der Waals surface area contributed by atoms with Crippen LogP contribution in [0.1, 0.15) is 34.1 Å². The van der Waals surface area contributed by atoms with Crippen molar-refractivity contribution in [2.24, 2.45) is 11.7 Å². The summed E-state index contributed by atoms with van der Waals surface area (Å²) in [5.74, 6) is -0.0660. The first-order valence-electron chi connectivity index (χ1n) is 4.53. The van der Waals surface area contributed by atoms with Crippen LogP contribution in [0.25, 0.3) is 0 Å². The summed E-state index contributed by atoms with van der Waals surface area (Å²) in [6.45, 7) is 7.59. The fraction of sp³-hybridized carbons (Fsp3) is 0.778. The van der Waals surface area contributed by atoms with E-state index >= 15 is 0 Å². The SMILES string of the molecule is CC(C)=CN.CCC(C)CS(=O)(=O)O. The van der Waals surface area contributed by atoms with E-state index in [1.165, 1.54) is 0 Å². The second-order valence-electron chi connectivity index (χ2n) is 3.51. The molecule has 0 aliphatic heterocycles. The third kappa shape index (κ3) is 17.5. The molecule has 0 aromatic carbocycles.